The summed E-state index contributed by atoms with van der Waals surface area (Å²) in [6.07, 6.45) is 3.48. The summed E-state index contributed by atoms with van der Waals surface area (Å²) in [7, 11) is 0. The highest BCUT2D eigenvalue weighted by Crippen LogP contribution is 2.40. The van der Waals surface area contributed by atoms with Gasteiger partial charge in [-0.05, 0) is 24.9 Å². The SMILES string of the molecule is CCCNC(c1cccc2c1OCCO2)C(CC)CC. The minimum Gasteiger partial charge on any atom is -0.486 e. The van der Waals surface area contributed by atoms with Gasteiger partial charge in [0.15, 0.2) is 11.5 Å². The van der Waals surface area contributed by atoms with Crippen molar-refractivity contribution in [3.63, 3.8) is 0 Å². The van der Waals surface area contributed by atoms with E-state index in [2.05, 4.69) is 38.2 Å². The molecule has 0 amide bonds. The summed E-state index contributed by atoms with van der Waals surface area (Å²) in [6, 6.07) is 6.61. The number of rotatable bonds is 7. The average molecular weight is 277 g/mol. The van der Waals surface area contributed by atoms with Crippen molar-refractivity contribution in [2.24, 2.45) is 5.92 Å². The molecule has 1 aromatic carbocycles. The van der Waals surface area contributed by atoms with Crippen LogP contribution in [0.25, 0.3) is 0 Å². The second-order valence-corrected chi connectivity index (χ2v) is 5.38. The molecular formula is C17H27NO2. The van der Waals surface area contributed by atoms with Gasteiger partial charge in [-0.1, -0.05) is 45.7 Å². The van der Waals surface area contributed by atoms with E-state index in [4.69, 9.17) is 9.47 Å². The van der Waals surface area contributed by atoms with Gasteiger partial charge in [-0.3, -0.25) is 0 Å². The Balaban J connectivity index is 2.32. The molecule has 1 unspecified atom stereocenters. The van der Waals surface area contributed by atoms with Crippen molar-refractivity contribution >= 4 is 0 Å². The van der Waals surface area contributed by atoms with Crippen LogP contribution in [0.5, 0.6) is 11.5 Å². The van der Waals surface area contributed by atoms with Crippen molar-refractivity contribution < 1.29 is 9.47 Å². The normalized spacial score (nSPS) is 15.4. The van der Waals surface area contributed by atoms with Crippen molar-refractivity contribution in [3.05, 3.63) is 23.8 Å². The van der Waals surface area contributed by atoms with Gasteiger partial charge in [-0.25, -0.2) is 0 Å². The molecule has 0 aromatic heterocycles. The summed E-state index contributed by atoms with van der Waals surface area (Å²) in [5, 5.41) is 3.70. The molecule has 0 spiro atoms. The maximum Gasteiger partial charge on any atom is 0.166 e. The van der Waals surface area contributed by atoms with E-state index >= 15 is 0 Å². The third-order valence-corrected chi connectivity index (χ3v) is 4.07. The van der Waals surface area contributed by atoms with Crippen LogP contribution in [0.2, 0.25) is 0 Å². The standard InChI is InChI=1S/C17H27NO2/c1-4-10-18-16(13(5-2)6-3)14-8-7-9-15-17(14)20-12-11-19-15/h7-9,13,16,18H,4-6,10-12H2,1-3H3. The Bertz CT molecular complexity index is 415. The van der Waals surface area contributed by atoms with Crippen molar-refractivity contribution in [1.29, 1.82) is 0 Å². The fourth-order valence-corrected chi connectivity index (χ4v) is 2.93. The van der Waals surface area contributed by atoms with Gasteiger partial charge in [0.1, 0.15) is 13.2 Å². The minimum absolute atomic E-state index is 0.349. The first-order valence-corrected chi connectivity index (χ1v) is 7.93. The Morgan fingerprint density at radius 2 is 1.85 bits per heavy atom. The number of fused-ring (bicyclic) bond motifs is 1. The van der Waals surface area contributed by atoms with Gasteiger partial charge >= 0.3 is 0 Å². The molecule has 1 aromatic rings. The first-order valence-electron chi connectivity index (χ1n) is 7.93. The Labute approximate surface area is 122 Å². The van der Waals surface area contributed by atoms with Crippen LogP contribution in [0.3, 0.4) is 0 Å². The van der Waals surface area contributed by atoms with Crippen LogP contribution in [0.15, 0.2) is 18.2 Å². The summed E-state index contributed by atoms with van der Waals surface area (Å²) < 4.78 is 11.6. The van der Waals surface area contributed by atoms with Crippen molar-refractivity contribution in [3.8, 4) is 11.5 Å². The van der Waals surface area contributed by atoms with Crippen LogP contribution in [0, 0.1) is 5.92 Å². The number of nitrogens with one attached hydrogen (secondary N) is 1. The molecule has 0 aliphatic carbocycles. The summed E-state index contributed by atoms with van der Waals surface area (Å²) in [5.74, 6) is 2.46. The summed E-state index contributed by atoms with van der Waals surface area (Å²) in [4.78, 5) is 0. The number of benzene rings is 1. The molecule has 0 radical (unpaired) electrons. The van der Waals surface area contributed by atoms with E-state index in [1.807, 2.05) is 6.07 Å². The van der Waals surface area contributed by atoms with E-state index in [0.29, 0.717) is 25.2 Å². The van der Waals surface area contributed by atoms with Crippen LogP contribution in [0.4, 0.5) is 0 Å². The monoisotopic (exact) mass is 277 g/mol. The zero-order chi connectivity index (χ0) is 14.4. The second-order valence-electron chi connectivity index (χ2n) is 5.38. The predicted molar refractivity (Wildman–Crippen MR) is 82.5 cm³/mol. The van der Waals surface area contributed by atoms with Crippen molar-refractivity contribution in [1.82, 2.24) is 5.32 Å². The fraction of sp³-hybridized carbons (Fsp3) is 0.647. The van der Waals surface area contributed by atoms with Gasteiger partial charge in [-0.15, -0.1) is 0 Å². The van der Waals surface area contributed by atoms with Crippen LogP contribution in [-0.4, -0.2) is 19.8 Å². The van der Waals surface area contributed by atoms with E-state index in [-0.39, 0.29) is 0 Å². The zero-order valence-corrected chi connectivity index (χ0v) is 12.9. The molecule has 0 saturated heterocycles. The lowest BCUT2D eigenvalue weighted by Gasteiger charge is -2.30. The zero-order valence-electron chi connectivity index (χ0n) is 12.9. The van der Waals surface area contributed by atoms with Gasteiger partial charge in [0.25, 0.3) is 0 Å². The van der Waals surface area contributed by atoms with Gasteiger partial charge < -0.3 is 14.8 Å². The van der Waals surface area contributed by atoms with Crippen LogP contribution < -0.4 is 14.8 Å². The molecule has 3 nitrogen and oxygen atoms in total. The topological polar surface area (TPSA) is 30.5 Å². The Kier molecular flexibility index (Phi) is 5.72. The molecule has 1 heterocycles. The van der Waals surface area contributed by atoms with Crippen LogP contribution >= 0.6 is 0 Å². The average Bonchev–Trinajstić information content (AvgIpc) is 2.51. The fourth-order valence-electron chi connectivity index (χ4n) is 2.93. The third kappa shape index (κ3) is 3.26. The summed E-state index contributed by atoms with van der Waals surface area (Å²) in [5.41, 5.74) is 1.25. The van der Waals surface area contributed by atoms with E-state index in [1.165, 1.54) is 18.4 Å². The quantitative estimate of drug-likeness (QED) is 0.819. The highest BCUT2D eigenvalue weighted by atomic mass is 16.6. The predicted octanol–water partition coefficient (Wildman–Crippen LogP) is 3.93. The smallest absolute Gasteiger partial charge is 0.166 e. The molecule has 0 saturated carbocycles. The Hall–Kier alpha value is -1.22. The molecule has 0 bridgehead atoms. The lowest BCUT2D eigenvalue weighted by molar-refractivity contribution is 0.166. The van der Waals surface area contributed by atoms with E-state index < -0.39 is 0 Å². The van der Waals surface area contributed by atoms with E-state index in [0.717, 1.165) is 24.5 Å². The lowest BCUT2D eigenvalue weighted by atomic mass is 9.88. The number of hydrogen-bond donors (Lipinski definition) is 1. The molecule has 1 aliphatic rings. The maximum absolute atomic E-state index is 5.89. The lowest BCUT2D eigenvalue weighted by Crippen LogP contribution is -2.30. The largest absolute Gasteiger partial charge is 0.486 e. The van der Waals surface area contributed by atoms with E-state index in [1.54, 1.807) is 0 Å². The minimum atomic E-state index is 0.349. The van der Waals surface area contributed by atoms with Crippen molar-refractivity contribution in [2.45, 2.75) is 46.1 Å². The molecular weight excluding hydrogens is 250 g/mol. The van der Waals surface area contributed by atoms with Gasteiger partial charge in [0.05, 0.1) is 0 Å². The number of para-hydroxylation sites is 1. The molecule has 2 rings (SSSR count). The third-order valence-electron chi connectivity index (χ3n) is 4.07. The van der Waals surface area contributed by atoms with Crippen molar-refractivity contribution in [2.75, 3.05) is 19.8 Å². The Morgan fingerprint density at radius 1 is 1.10 bits per heavy atom. The number of hydrogen-bond acceptors (Lipinski definition) is 3. The highest BCUT2D eigenvalue weighted by molar-refractivity contribution is 5.49. The first-order chi connectivity index (χ1) is 9.81. The maximum atomic E-state index is 5.89. The van der Waals surface area contributed by atoms with Gasteiger partial charge in [0, 0.05) is 11.6 Å². The van der Waals surface area contributed by atoms with Gasteiger partial charge in [0.2, 0.25) is 0 Å². The van der Waals surface area contributed by atoms with E-state index in [9.17, 15) is 0 Å². The number of ether oxygens (including phenoxy) is 2. The molecule has 20 heavy (non-hydrogen) atoms. The van der Waals surface area contributed by atoms with Crippen LogP contribution in [0.1, 0.15) is 51.6 Å². The Morgan fingerprint density at radius 3 is 2.55 bits per heavy atom. The molecule has 1 atom stereocenters. The molecule has 0 fully saturated rings. The molecule has 1 aliphatic heterocycles. The van der Waals surface area contributed by atoms with Crippen LogP contribution in [-0.2, 0) is 0 Å². The molecule has 3 heteroatoms. The van der Waals surface area contributed by atoms with Gasteiger partial charge in [-0.2, -0.15) is 0 Å². The summed E-state index contributed by atoms with van der Waals surface area (Å²) in [6.45, 7) is 9.06. The molecule has 1 N–H and O–H groups in total. The first kappa shape index (κ1) is 15.2. The molecule has 112 valence electrons. The highest BCUT2D eigenvalue weighted by Gasteiger charge is 2.26. The second kappa shape index (κ2) is 7.53. The summed E-state index contributed by atoms with van der Waals surface area (Å²) >= 11 is 0.